The molecule has 130 valence electrons. The van der Waals surface area contributed by atoms with Crippen molar-refractivity contribution in [2.45, 2.75) is 63.7 Å². The van der Waals surface area contributed by atoms with Crippen LogP contribution in [-0.2, 0) is 23.3 Å². The lowest BCUT2D eigenvalue weighted by Crippen LogP contribution is -2.41. The molecule has 23 heavy (non-hydrogen) atoms. The number of hydrogen-bond donors (Lipinski definition) is 0. The molecule has 0 aromatic rings. The van der Waals surface area contributed by atoms with E-state index in [2.05, 4.69) is 4.85 Å². The van der Waals surface area contributed by atoms with Crippen molar-refractivity contribution < 1.29 is 23.3 Å². The molecule has 1 aliphatic heterocycles. The standard InChI is InChI=1S/C15H27BNO5P/c1-7-12-13(22-23(6)19-9-8-17-4)14(15(16)21-12)20-11(3)10(2)18-5/h10-15H,7-9H2,1-3,5-6H3/t10-,11+,12+,13?,14-,15+,23?/m0/s1. The van der Waals surface area contributed by atoms with Gasteiger partial charge in [-0.05, 0) is 20.3 Å². The Bertz CT molecular complexity index is 383. The zero-order chi connectivity index (χ0) is 17.4. The Balaban J connectivity index is 2.67. The lowest BCUT2D eigenvalue weighted by atomic mass is 9.92. The molecule has 1 aliphatic rings. The largest absolute Gasteiger partial charge is 0.379 e. The average Bonchev–Trinajstić information content (AvgIpc) is 2.82. The summed E-state index contributed by atoms with van der Waals surface area (Å²) >= 11 is 0. The molecule has 2 radical (unpaired) electrons. The van der Waals surface area contributed by atoms with Crippen LogP contribution in [0.4, 0.5) is 0 Å². The fourth-order valence-corrected chi connectivity index (χ4v) is 3.33. The first-order valence-electron chi connectivity index (χ1n) is 7.90. The van der Waals surface area contributed by atoms with Crippen LogP contribution in [0.15, 0.2) is 0 Å². The maximum Gasteiger partial charge on any atom is 0.238 e. The second-order valence-corrected chi connectivity index (χ2v) is 6.87. The van der Waals surface area contributed by atoms with Gasteiger partial charge in [0.05, 0.1) is 18.3 Å². The summed E-state index contributed by atoms with van der Waals surface area (Å²) in [7, 11) is 6.61. The highest BCUT2D eigenvalue weighted by atomic mass is 31.2. The van der Waals surface area contributed by atoms with Crippen LogP contribution < -0.4 is 0 Å². The van der Waals surface area contributed by atoms with Crippen molar-refractivity contribution in [3.05, 3.63) is 11.4 Å². The van der Waals surface area contributed by atoms with Crippen LogP contribution in [0.3, 0.4) is 0 Å². The van der Waals surface area contributed by atoms with Gasteiger partial charge in [-0.15, -0.1) is 0 Å². The van der Waals surface area contributed by atoms with Gasteiger partial charge in [0.25, 0.3) is 0 Å². The van der Waals surface area contributed by atoms with E-state index in [1.165, 1.54) is 0 Å². The Morgan fingerprint density at radius 2 is 2.00 bits per heavy atom. The number of hydrogen-bond acceptors (Lipinski definition) is 5. The van der Waals surface area contributed by atoms with Gasteiger partial charge in [0, 0.05) is 19.8 Å². The first-order valence-corrected chi connectivity index (χ1v) is 9.52. The van der Waals surface area contributed by atoms with Gasteiger partial charge in [-0.3, -0.25) is 0 Å². The topological polar surface area (TPSA) is 50.5 Å². The minimum absolute atomic E-state index is 0.0541. The van der Waals surface area contributed by atoms with Crippen LogP contribution in [0.25, 0.3) is 4.85 Å². The molecule has 1 saturated heterocycles. The molecule has 0 aliphatic carbocycles. The van der Waals surface area contributed by atoms with Gasteiger partial charge in [-0.1, -0.05) is 6.92 Å². The average molecular weight is 343 g/mol. The maximum absolute atomic E-state index is 6.77. The molecule has 0 spiro atoms. The SMILES string of the molecule is [B][C@@H]1O[C@H](CC)C(OP(C)OCC[N+]#[C-])[C@@H]1O[C@H](C)[C@H](C)OC. The maximum atomic E-state index is 6.77. The highest BCUT2D eigenvalue weighted by Crippen LogP contribution is 2.41. The number of methoxy groups -OCH3 is 1. The first kappa shape index (κ1) is 20.8. The lowest BCUT2D eigenvalue weighted by Gasteiger charge is -2.30. The Morgan fingerprint density at radius 1 is 1.30 bits per heavy atom. The first-order chi connectivity index (χ1) is 10.9. The fraction of sp³-hybridized carbons (Fsp3) is 0.933. The molecule has 1 fully saturated rings. The predicted octanol–water partition coefficient (Wildman–Crippen LogP) is 2.36. The van der Waals surface area contributed by atoms with Gasteiger partial charge < -0.3 is 28.1 Å². The summed E-state index contributed by atoms with van der Waals surface area (Å²) < 4.78 is 28.7. The zero-order valence-corrected chi connectivity index (χ0v) is 15.5. The van der Waals surface area contributed by atoms with E-state index >= 15 is 0 Å². The predicted molar refractivity (Wildman–Crippen MR) is 90.7 cm³/mol. The third-order valence-electron chi connectivity index (χ3n) is 3.90. The molecule has 7 atom stereocenters. The number of rotatable bonds is 10. The zero-order valence-electron chi connectivity index (χ0n) is 14.6. The van der Waals surface area contributed by atoms with Crippen molar-refractivity contribution in [1.82, 2.24) is 0 Å². The molecule has 0 bridgehead atoms. The van der Waals surface area contributed by atoms with E-state index in [1.54, 1.807) is 7.11 Å². The summed E-state index contributed by atoms with van der Waals surface area (Å²) in [6.07, 6.45) is -0.200. The second-order valence-electron chi connectivity index (χ2n) is 5.52. The molecule has 8 heteroatoms. The molecule has 1 heterocycles. The normalized spacial score (nSPS) is 31.5. The van der Waals surface area contributed by atoms with Crippen molar-refractivity contribution in [3.63, 3.8) is 0 Å². The third-order valence-corrected chi connectivity index (χ3v) is 4.99. The molecule has 0 amide bonds. The molecule has 2 unspecified atom stereocenters. The molecule has 0 aromatic heterocycles. The monoisotopic (exact) mass is 343 g/mol. The molecule has 6 nitrogen and oxygen atoms in total. The smallest absolute Gasteiger partial charge is 0.238 e. The molecule has 0 N–H and O–H groups in total. The minimum Gasteiger partial charge on any atom is -0.379 e. The Kier molecular flexibility index (Phi) is 9.61. The van der Waals surface area contributed by atoms with Crippen LogP contribution in [0, 0.1) is 6.57 Å². The van der Waals surface area contributed by atoms with Gasteiger partial charge in [0.2, 0.25) is 6.54 Å². The minimum atomic E-state index is -1.12. The quantitative estimate of drug-likeness (QED) is 0.264. The molecule has 0 saturated carbocycles. The Labute approximate surface area is 142 Å². The Hall–Kier alpha value is -0.215. The summed E-state index contributed by atoms with van der Waals surface area (Å²) in [6.45, 7) is 15.2. The second kappa shape index (κ2) is 10.6. The number of ether oxygens (including phenoxy) is 3. The van der Waals surface area contributed by atoms with Gasteiger partial charge in [0.15, 0.2) is 8.38 Å². The molecule has 1 rings (SSSR count). The van der Waals surface area contributed by atoms with E-state index < -0.39 is 14.4 Å². The highest BCUT2D eigenvalue weighted by molar-refractivity contribution is 7.46. The van der Waals surface area contributed by atoms with Crippen molar-refractivity contribution in [2.75, 3.05) is 26.9 Å². The van der Waals surface area contributed by atoms with Crippen LogP contribution in [0.2, 0.25) is 0 Å². The summed E-state index contributed by atoms with van der Waals surface area (Å²) in [5.41, 5.74) is 0. The van der Waals surface area contributed by atoms with E-state index in [0.717, 1.165) is 6.42 Å². The highest BCUT2D eigenvalue weighted by Gasteiger charge is 2.44. The van der Waals surface area contributed by atoms with Gasteiger partial charge in [-0.2, -0.15) is 0 Å². The summed E-state index contributed by atoms with van der Waals surface area (Å²) in [5, 5.41) is 0. The van der Waals surface area contributed by atoms with Crippen LogP contribution in [-0.4, -0.2) is 71.3 Å². The molecular formula is C15H27BNO5P. The molecular weight excluding hydrogens is 316 g/mol. The van der Waals surface area contributed by atoms with E-state index in [4.69, 9.17) is 37.7 Å². The summed E-state index contributed by atoms with van der Waals surface area (Å²) in [4.78, 5) is 3.26. The van der Waals surface area contributed by atoms with E-state index in [0.29, 0.717) is 13.2 Å². The molecule has 0 aromatic carbocycles. The van der Waals surface area contributed by atoms with Gasteiger partial charge in [0.1, 0.15) is 26.7 Å². The van der Waals surface area contributed by atoms with Crippen LogP contribution >= 0.6 is 8.38 Å². The summed E-state index contributed by atoms with van der Waals surface area (Å²) in [5.74, 6) is 0. The van der Waals surface area contributed by atoms with Crippen molar-refractivity contribution in [1.29, 1.82) is 0 Å². The summed E-state index contributed by atoms with van der Waals surface area (Å²) in [6, 6.07) is -0.539. The fourth-order valence-electron chi connectivity index (χ4n) is 2.33. The van der Waals surface area contributed by atoms with Gasteiger partial charge >= 0.3 is 0 Å². The number of nitrogens with zero attached hydrogens (tertiary/aromatic N) is 1. The third kappa shape index (κ3) is 6.30. The van der Waals surface area contributed by atoms with Crippen LogP contribution in [0.5, 0.6) is 0 Å². The Morgan fingerprint density at radius 3 is 2.57 bits per heavy atom. The van der Waals surface area contributed by atoms with E-state index in [9.17, 15) is 0 Å². The van der Waals surface area contributed by atoms with Crippen molar-refractivity contribution in [2.24, 2.45) is 0 Å². The lowest BCUT2D eigenvalue weighted by molar-refractivity contribution is -0.100. The van der Waals surface area contributed by atoms with Gasteiger partial charge in [-0.25, -0.2) is 6.57 Å². The van der Waals surface area contributed by atoms with Crippen LogP contribution in [0.1, 0.15) is 27.2 Å². The van der Waals surface area contributed by atoms with Crippen molar-refractivity contribution in [3.8, 4) is 0 Å². The van der Waals surface area contributed by atoms with E-state index in [-0.39, 0.29) is 30.5 Å². The van der Waals surface area contributed by atoms with Crippen molar-refractivity contribution >= 4 is 16.2 Å². The van der Waals surface area contributed by atoms with E-state index in [1.807, 2.05) is 27.4 Å².